The van der Waals surface area contributed by atoms with E-state index in [1.807, 2.05) is 86.6 Å². The molecular weight excluding hydrogens is 635 g/mol. The number of benzene rings is 4. The van der Waals surface area contributed by atoms with Gasteiger partial charge in [0.2, 0.25) is 5.96 Å². The minimum absolute atomic E-state index is 0.0707. The highest BCUT2D eigenvalue weighted by molar-refractivity contribution is 6.99. The number of guanidine groups is 1. The predicted octanol–water partition coefficient (Wildman–Crippen LogP) is 6.09. The normalized spacial score (nSPS) is 18.0. The third-order valence-electron chi connectivity index (χ3n) is 8.33. The van der Waals surface area contributed by atoms with E-state index < -0.39 is 32.3 Å². The average molecular weight is 682 g/mol. The van der Waals surface area contributed by atoms with E-state index in [-0.39, 0.29) is 37.4 Å². The molecule has 1 amide bonds. The van der Waals surface area contributed by atoms with Crippen molar-refractivity contribution >= 4 is 30.7 Å². The molecular formula is C39H47N3O6Si. The van der Waals surface area contributed by atoms with Gasteiger partial charge in [0.05, 0.1) is 19.8 Å². The van der Waals surface area contributed by atoms with Crippen LogP contribution in [0, 0.1) is 0 Å². The van der Waals surface area contributed by atoms with Gasteiger partial charge in [-0.25, -0.2) is 15.3 Å². The van der Waals surface area contributed by atoms with Crippen molar-refractivity contribution in [2.24, 2.45) is 4.99 Å². The SMILES string of the molecule is CC1(C)OC[C@@H](N=C(NOCc2ccccc2)NC(=O)OCc2ccccc2)[C@H](CO[Si](c2ccccc2)(c2ccccc2)C(C)(C)C)O1. The Kier molecular flexibility index (Phi) is 12.0. The number of carbonyl (C=O) groups excluding carboxylic acids is 1. The molecule has 1 heterocycles. The Bertz CT molecular complexity index is 1590. The summed E-state index contributed by atoms with van der Waals surface area (Å²) in [5, 5.41) is 4.83. The number of carbonyl (C=O) groups is 1. The van der Waals surface area contributed by atoms with Crippen LogP contribution < -0.4 is 21.2 Å². The Hall–Kier alpha value is -4.32. The number of hydroxylamine groups is 1. The van der Waals surface area contributed by atoms with Crippen LogP contribution in [0.3, 0.4) is 0 Å². The summed E-state index contributed by atoms with van der Waals surface area (Å²) in [5.41, 5.74) is 4.64. The molecule has 9 nitrogen and oxygen atoms in total. The Morgan fingerprint density at radius 3 is 1.86 bits per heavy atom. The van der Waals surface area contributed by atoms with Crippen molar-refractivity contribution in [3.63, 3.8) is 0 Å². The molecule has 1 aliphatic heterocycles. The van der Waals surface area contributed by atoms with Crippen LogP contribution in [0.4, 0.5) is 4.79 Å². The van der Waals surface area contributed by atoms with Crippen molar-refractivity contribution < 1.29 is 28.3 Å². The first-order chi connectivity index (χ1) is 23.6. The van der Waals surface area contributed by atoms with E-state index in [1.165, 1.54) is 10.4 Å². The fourth-order valence-electron chi connectivity index (χ4n) is 5.97. The van der Waals surface area contributed by atoms with Gasteiger partial charge in [-0.1, -0.05) is 142 Å². The molecule has 1 saturated heterocycles. The number of aliphatic imine (C=N–C) groups is 1. The first kappa shape index (κ1) is 36.0. The number of rotatable bonds is 11. The van der Waals surface area contributed by atoms with E-state index in [0.29, 0.717) is 0 Å². The van der Waals surface area contributed by atoms with Gasteiger partial charge >= 0.3 is 6.09 Å². The lowest BCUT2D eigenvalue weighted by molar-refractivity contribution is -0.282. The number of nitrogens with one attached hydrogen (secondary N) is 2. The lowest BCUT2D eigenvalue weighted by atomic mass is 10.1. The molecule has 0 unspecified atom stereocenters. The van der Waals surface area contributed by atoms with Crippen molar-refractivity contribution in [3.8, 4) is 0 Å². The van der Waals surface area contributed by atoms with Crippen LogP contribution in [0.15, 0.2) is 126 Å². The van der Waals surface area contributed by atoms with Gasteiger partial charge in [-0.2, -0.15) is 0 Å². The minimum Gasteiger partial charge on any atom is -0.444 e. The Morgan fingerprint density at radius 1 is 0.816 bits per heavy atom. The van der Waals surface area contributed by atoms with Crippen LogP contribution >= 0.6 is 0 Å². The number of nitrogens with zero attached hydrogens (tertiary/aromatic N) is 1. The molecule has 10 heteroatoms. The van der Waals surface area contributed by atoms with E-state index in [0.717, 1.165) is 11.1 Å². The molecule has 4 aromatic carbocycles. The topological polar surface area (TPSA) is 99.6 Å². The fourth-order valence-corrected chi connectivity index (χ4v) is 10.5. The monoisotopic (exact) mass is 681 g/mol. The highest BCUT2D eigenvalue weighted by Gasteiger charge is 2.51. The molecule has 2 atom stereocenters. The maximum atomic E-state index is 13.0. The summed E-state index contributed by atoms with van der Waals surface area (Å²) in [4.78, 5) is 23.6. The van der Waals surface area contributed by atoms with Crippen LogP contribution in [-0.2, 0) is 36.7 Å². The van der Waals surface area contributed by atoms with Gasteiger partial charge in [-0.3, -0.25) is 10.2 Å². The number of hydrogen-bond acceptors (Lipinski definition) is 7. The second-order valence-electron chi connectivity index (χ2n) is 13.4. The van der Waals surface area contributed by atoms with Gasteiger partial charge in [0.25, 0.3) is 8.32 Å². The minimum atomic E-state index is -2.88. The van der Waals surface area contributed by atoms with Gasteiger partial charge in [-0.15, -0.1) is 0 Å². The summed E-state index contributed by atoms with van der Waals surface area (Å²) in [6, 6.07) is 39.5. The van der Waals surface area contributed by atoms with Crippen molar-refractivity contribution in [1.82, 2.24) is 10.8 Å². The molecule has 0 spiro atoms. The zero-order valence-corrected chi connectivity index (χ0v) is 29.9. The number of ether oxygens (including phenoxy) is 3. The zero-order chi connectivity index (χ0) is 34.7. The van der Waals surface area contributed by atoms with E-state index in [1.54, 1.807) is 0 Å². The fraction of sp³-hybridized carbons (Fsp3) is 0.333. The molecule has 0 saturated carbocycles. The molecule has 258 valence electrons. The molecule has 1 fully saturated rings. The highest BCUT2D eigenvalue weighted by atomic mass is 28.4. The van der Waals surface area contributed by atoms with Crippen LogP contribution in [0.1, 0.15) is 45.7 Å². The van der Waals surface area contributed by atoms with E-state index in [2.05, 4.69) is 80.1 Å². The Labute approximate surface area is 290 Å². The second kappa shape index (κ2) is 16.4. The van der Waals surface area contributed by atoms with E-state index in [9.17, 15) is 4.79 Å². The standard InChI is InChI=1S/C39H47N3O6Si/c1-38(2,3)49(32-22-14-8-15-23-32,33-24-16-9-17-25-33)47-29-35-34(28-45-39(4,5)48-35)40-36(42-46-27-31-20-12-7-13-21-31)41-37(43)44-26-30-18-10-6-11-19-30/h6-25,34-35H,26-29H2,1-5H3,(H2,40,41,42,43)/t34-,35+/m1/s1. The number of alkyl carbamates (subject to hydrolysis) is 1. The highest BCUT2D eigenvalue weighted by Crippen LogP contribution is 2.37. The molecule has 0 radical (unpaired) electrons. The summed E-state index contributed by atoms with van der Waals surface area (Å²) in [6.45, 7) is 11.3. The summed E-state index contributed by atoms with van der Waals surface area (Å²) in [6.07, 6.45) is -1.20. The second-order valence-corrected chi connectivity index (χ2v) is 17.8. The molecule has 4 aromatic rings. The van der Waals surface area contributed by atoms with Gasteiger partial charge < -0.3 is 18.6 Å². The van der Waals surface area contributed by atoms with Gasteiger partial charge in [-0.05, 0) is 40.4 Å². The summed E-state index contributed by atoms with van der Waals surface area (Å²) in [5.74, 6) is -0.799. The van der Waals surface area contributed by atoms with Crippen molar-refractivity contribution in [2.75, 3.05) is 13.2 Å². The lowest BCUT2D eigenvalue weighted by Crippen LogP contribution is -2.67. The van der Waals surface area contributed by atoms with Crippen molar-refractivity contribution in [3.05, 3.63) is 132 Å². The molecule has 0 aromatic heterocycles. The number of hydrogen-bond donors (Lipinski definition) is 2. The summed E-state index contributed by atoms with van der Waals surface area (Å²) < 4.78 is 25.3. The molecule has 1 aliphatic rings. The maximum Gasteiger partial charge on any atom is 0.414 e. The maximum absolute atomic E-state index is 13.0. The van der Waals surface area contributed by atoms with Crippen molar-refractivity contribution in [1.29, 1.82) is 0 Å². The average Bonchev–Trinajstić information content (AvgIpc) is 3.10. The number of amides is 1. The summed E-state index contributed by atoms with van der Waals surface area (Å²) >= 11 is 0. The smallest absolute Gasteiger partial charge is 0.414 e. The molecule has 2 N–H and O–H groups in total. The van der Waals surface area contributed by atoms with Gasteiger partial charge in [0.15, 0.2) is 5.79 Å². The van der Waals surface area contributed by atoms with Crippen LogP contribution in [0.5, 0.6) is 0 Å². The van der Waals surface area contributed by atoms with Gasteiger partial charge in [0, 0.05) is 0 Å². The van der Waals surface area contributed by atoms with Crippen LogP contribution in [0.2, 0.25) is 5.04 Å². The first-order valence-electron chi connectivity index (χ1n) is 16.6. The van der Waals surface area contributed by atoms with E-state index >= 15 is 0 Å². The summed E-state index contributed by atoms with van der Waals surface area (Å²) in [7, 11) is -2.88. The molecule has 49 heavy (non-hydrogen) atoms. The Morgan fingerprint density at radius 2 is 1.33 bits per heavy atom. The van der Waals surface area contributed by atoms with Crippen molar-refractivity contribution in [2.45, 2.75) is 70.8 Å². The van der Waals surface area contributed by atoms with Gasteiger partial charge in [0.1, 0.15) is 18.8 Å². The third kappa shape index (κ3) is 9.65. The molecule has 5 rings (SSSR count). The molecule has 0 aliphatic carbocycles. The first-order valence-corrected chi connectivity index (χ1v) is 18.5. The van der Waals surface area contributed by atoms with Crippen LogP contribution in [0.25, 0.3) is 0 Å². The van der Waals surface area contributed by atoms with E-state index in [4.69, 9.17) is 28.5 Å². The zero-order valence-electron chi connectivity index (χ0n) is 28.9. The third-order valence-corrected chi connectivity index (χ3v) is 13.3. The molecule has 0 bridgehead atoms. The lowest BCUT2D eigenvalue weighted by Gasteiger charge is -2.45. The largest absolute Gasteiger partial charge is 0.444 e. The van der Waals surface area contributed by atoms with Crippen LogP contribution in [-0.4, -0.2) is 51.5 Å². The predicted molar refractivity (Wildman–Crippen MR) is 194 cm³/mol. The Balaban J connectivity index is 1.41. The quantitative estimate of drug-likeness (QED) is 0.0856.